The third kappa shape index (κ3) is 3.53. The van der Waals surface area contributed by atoms with Crippen LogP contribution in [0.4, 0.5) is 11.4 Å². The number of rotatable bonds is 2. The van der Waals surface area contributed by atoms with E-state index in [1.807, 2.05) is 59.5 Å². The van der Waals surface area contributed by atoms with Gasteiger partial charge in [-0.15, -0.1) is 0 Å². The number of hydrogen-bond donors (Lipinski definition) is 0. The van der Waals surface area contributed by atoms with Gasteiger partial charge in [0.05, 0.1) is 17.5 Å². The summed E-state index contributed by atoms with van der Waals surface area (Å²) in [7, 11) is 0. The van der Waals surface area contributed by atoms with Gasteiger partial charge in [-0.1, -0.05) is 48.5 Å². The highest BCUT2D eigenvalue weighted by Crippen LogP contribution is 2.56. The van der Waals surface area contributed by atoms with Crippen LogP contribution in [0.2, 0.25) is 0 Å². The second kappa shape index (κ2) is 8.06. The molecule has 3 aromatic rings. The zero-order chi connectivity index (χ0) is 25.9. The van der Waals surface area contributed by atoms with Gasteiger partial charge in [-0.2, -0.15) is 0 Å². The van der Waals surface area contributed by atoms with Crippen molar-refractivity contribution in [1.82, 2.24) is 0 Å². The maximum Gasteiger partial charge on any atom is 0.329 e. The fourth-order valence-electron chi connectivity index (χ4n) is 5.67. The van der Waals surface area contributed by atoms with Crippen molar-refractivity contribution < 1.29 is 28.7 Å². The Balaban J connectivity index is 1.61. The van der Waals surface area contributed by atoms with Crippen molar-refractivity contribution >= 4 is 23.3 Å². The molecular weight excluding hydrogens is 476 g/mol. The number of cyclic esters (lactones) is 2. The first-order valence-corrected chi connectivity index (χ1v) is 12.0. The number of carbonyl (C=O) groups is 2. The Labute approximate surface area is 212 Å². The average molecular weight is 501 g/mol. The van der Waals surface area contributed by atoms with E-state index in [1.165, 1.54) is 26.0 Å². The minimum atomic E-state index is -1.79. The number of anilines is 1. The smallest absolute Gasteiger partial charge is 0.329 e. The number of non-ortho nitro benzene ring substituents is 1. The lowest BCUT2D eigenvalue weighted by Gasteiger charge is -2.51. The molecule has 188 valence electrons. The number of hydrogen-bond acceptors (Lipinski definition) is 8. The molecule has 0 aliphatic carbocycles. The number of nitrogens with zero attached hydrogens (tertiary/aromatic N) is 2. The van der Waals surface area contributed by atoms with Crippen LogP contribution in [0.3, 0.4) is 0 Å². The zero-order valence-electron chi connectivity index (χ0n) is 20.2. The first-order valence-electron chi connectivity index (χ1n) is 12.0. The summed E-state index contributed by atoms with van der Waals surface area (Å²) < 4.78 is 17.8. The number of para-hydroxylation sites is 1. The SMILES string of the molecule is CC1(C)OC(=O)C2(Cc3cc([N+](=O)[O-])ccc3N3C[C@H](c4ccccc4)Oc4ccccc4[C@H]32)C(=O)O1. The van der Waals surface area contributed by atoms with Crippen LogP contribution in [0.15, 0.2) is 72.8 Å². The molecule has 37 heavy (non-hydrogen) atoms. The van der Waals surface area contributed by atoms with Gasteiger partial charge in [-0.25, -0.2) is 0 Å². The summed E-state index contributed by atoms with van der Waals surface area (Å²) in [6.07, 6.45) is -0.555. The van der Waals surface area contributed by atoms with Gasteiger partial charge in [-0.05, 0) is 23.3 Å². The lowest BCUT2D eigenvalue weighted by Crippen LogP contribution is -2.62. The molecule has 0 unspecified atom stereocenters. The molecular formula is C28H24N2O7. The van der Waals surface area contributed by atoms with E-state index in [0.29, 0.717) is 22.6 Å². The van der Waals surface area contributed by atoms with E-state index < -0.39 is 40.2 Å². The van der Waals surface area contributed by atoms with Crippen molar-refractivity contribution in [3.63, 3.8) is 0 Å². The number of esters is 2. The molecule has 0 N–H and O–H groups in total. The fraction of sp³-hybridized carbons (Fsp3) is 0.286. The maximum absolute atomic E-state index is 13.8. The molecule has 6 rings (SSSR count). The third-order valence-corrected chi connectivity index (χ3v) is 7.25. The van der Waals surface area contributed by atoms with Crippen LogP contribution in [0.1, 0.15) is 42.7 Å². The highest BCUT2D eigenvalue weighted by molar-refractivity contribution is 6.04. The van der Waals surface area contributed by atoms with Gasteiger partial charge < -0.3 is 19.1 Å². The Kier molecular flexibility index (Phi) is 5.01. The molecule has 1 spiro atoms. The number of ether oxygens (including phenoxy) is 3. The van der Waals surface area contributed by atoms with Crippen molar-refractivity contribution in [3.05, 3.63) is 99.6 Å². The van der Waals surface area contributed by atoms with Crippen molar-refractivity contribution in [3.8, 4) is 5.75 Å². The summed E-state index contributed by atoms with van der Waals surface area (Å²) in [6.45, 7) is 3.29. The van der Waals surface area contributed by atoms with Crippen LogP contribution in [-0.2, 0) is 25.5 Å². The molecule has 1 saturated heterocycles. The molecule has 3 aliphatic rings. The van der Waals surface area contributed by atoms with E-state index >= 15 is 0 Å². The van der Waals surface area contributed by atoms with Crippen LogP contribution >= 0.6 is 0 Å². The summed E-state index contributed by atoms with van der Waals surface area (Å²) in [5, 5.41) is 11.6. The van der Waals surface area contributed by atoms with E-state index in [0.717, 1.165) is 5.56 Å². The molecule has 3 heterocycles. The van der Waals surface area contributed by atoms with E-state index in [2.05, 4.69) is 0 Å². The van der Waals surface area contributed by atoms with E-state index in [4.69, 9.17) is 14.2 Å². The van der Waals surface area contributed by atoms with E-state index in [1.54, 1.807) is 6.07 Å². The van der Waals surface area contributed by atoms with Gasteiger partial charge in [0.2, 0.25) is 0 Å². The first-order chi connectivity index (χ1) is 17.7. The normalized spacial score (nSPS) is 22.9. The number of benzene rings is 3. The van der Waals surface area contributed by atoms with Crippen LogP contribution in [-0.4, -0.2) is 29.2 Å². The Morgan fingerprint density at radius 2 is 1.62 bits per heavy atom. The van der Waals surface area contributed by atoms with Crippen LogP contribution in [0, 0.1) is 15.5 Å². The number of fused-ring (bicyclic) bond motifs is 6. The number of nitro groups is 1. The number of nitro benzene ring substituents is 1. The Morgan fingerprint density at radius 3 is 2.32 bits per heavy atom. The average Bonchev–Trinajstić information content (AvgIpc) is 3.04. The summed E-state index contributed by atoms with van der Waals surface area (Å²) in [5.74, 6) is -2.35. The van der Waals surface area contributed by atoms with E-state index in [9.17, 15) is 19.7 Å². The molecule has 9 heteroatoms. The largest absolute Gasteiger partial charge is 0.484 e. The quantitative estimate of drug-likeness (QED) is 0.216. The lowest BCUT2D eigenvalue weighted by molar-refractivity contribution is -0.384. The van der Waals surface area contributed by atoms with Crippen molar-refractivity contribution in [1.29, 1.82) is 0 Å². The molecule has 0 bridgehead atoms. The molecule has 0 amide bonds. The van der Waals surface area contributed by atoms with Crippen molar-refractivity contribution in [2.24, 2.45) is 5.41 Å². The van der Waals surface area contributed by atoms with Gasteiger partial charge >= 0.3 is 11.9 Å². The molecule has 1 fully saturated rings. The third-order valence-electron chi connectivity index (χ3n) is 7.25. The second-order valence-corrected chi connectivity index (χ2v) is 10.0. The van der Waals surface area contributed by atoms with Crippen LogP contribution in [0.5, 0.6) is 5.75 Å². The molecule has 0 saturated carbocycles. The summed E-state index contributed by atoms with van der Waals surface area (Å²) in [5.41, 5.74) is 0.812. The molecule has 3 aromatic carbocycles. The topological polar surface area (TPSA) is 108 Å². The van der Waals surface area contributed by atoms with Crippen LogP contribution in [0.25, 0.3) is 0 Å². The maximum atomic E-state index is 13.8. The minimum Gasteiger partial charge on any atom is -0.484 e. The predicted molar refractivity (Wildman–Crippen MR) is 132 cm³/mol. The summed E-state index contributed by atoms with van der Waals surface area (Å²) >= 11 is 0. The monoisotopic (exact) mass is 500 g/mol. The Hall–Kier alpha value is -4.40. The molecule has 2 atom stereocenters. The molecule has 3 aliphatic heterocycles. The van der Waals surface area contributed by atoms with Gasteiger partial charge in [0.15, 0.2) is 5.41 Å². The van der Waals surface area contributed by atoms with Crippen molar-refractivity contribution in [2.45, 2.75) is 38.2 Å². The molecule has 0 radical (unpaired) electrons. The standard InChI is InChI=1S/C28H24N2O7/c1-27(2)36-25(31)28(26(32)37-27)15-18-14-19(30(33)34)12-13-21(18)29-16-23(17-8-4-3-5-9-17)35-22-11-7-6-10-20(22)24(28)29/h3-14,23-24H,15-16H2,1-2H3/t23-,24+/m1/s1. The van der Waals surface area contributed by atoms with Gasteiger partial charge in [0.25, 0.3) is 11.5 Å². The zero-order valence-corrected chi connectivity index (χ0v) is 20.2. The summed E-state index contributed by atoms with van der Waals surface area (Å²) in [6, 6.07) is 20.7. The van der Waals surface area contributed by atoms with Gasteiger partial charge in [0.1, 0.15) is 11.9 Å². The first kappa shape index (κ1) is 23.0. The lowest BCUT2D eigenvalue weighted by atomic mass is 9.68. The molecule has 0 aromatic heterocycles. The Bertz CT molecular complexity index is 1420. The second-order valence-electron chi connectivity index (χ2n) is 10.0. The van der Waals surface area contributed by atoms with Gasteiger partial charge in [-0.3, -0.25) is 19.7 Å². The highest BCUT2D eigenvalue weighted by atomic mass is 16.7. The fourth-order valence-corrected chi connectivity index (χ4v) is 5.67. The highest BCUT2D eigenvalue weighted by Gasteiger charge is 2.65. The van der Waals surface area contributed by atoms with Gasteiger partial charge in [0, 0.05) is 43.7 Å². The van der Waals surface area contributed by atoms with Crippen LogP contribution < -0.4 is 9.64 Å². The van der Waals surface area contributed by atoms with Crippen molar-refractivity contribution in [2.75, 3.05) is 11.4 Å². The predicted octanol–water partition coefficient (Wildman–Crippen LogP) is 4.65. The Morgan fingerprint density at radius 1 is 0.946 bits per heavy atom. The van der Waals surface area contributed by atoms with E-state index in [-0.39, 0.29) is 18.7 Å². The minimum absolute atomic E-state index is 0.108. The number of carbonyl (C=O) groups excluding carboxylic acids is 2. The molecule has 9 nitrogen and oxygen atoms in total. The summed E-state index contributed by atoms with van der Waals surface area (Å²) in [4.78, 5) is 40.7.